The van der Waals surface area contributed by atoms with Gasteiger partial charge in [-0.1, -0.05) is 20.8 Å². The molecule has 0 aliphatic heterocycles. The van der Waals surface area contributed by atoms with Crippen molar-refractivity contribution in [2.45, 2.75) is 33.2 Å². The van der Waals surface area contributed by atoms with Gasteiger partial charge in [-0.15, -0.1) is 0 Å². The molecular formula is C9H19NOS. The molecule has 0 aromatic heterocycles. The van der Waals surface area contributed by atoms with E-state index < -0.39 is 0 Å². The molecular weight excluding hydrogens is 170 g/mol. The van der Waals surface area contributed by atoms with Gasteiger partial charge in [-0.3, -0.25) is 4.79 Å². The number of carbonyl (C=O) groups excluding carboxylic acids is 1. The second-order valence-corrected chi connectivity index (χ2v) is 4.99. The molecule has 0 aromatic carbocycles. The Kier molecular flexibility index (Phi) is 4.87. The number of hydrogen-bond acceptors (Lipinski definition) is 3. The minimum absolute atomic E-state index is 0.163. The summed E-state index contributed by atoms with van der Waals surface area (Å²) in [6, 6.07) is -0.280. The molecule has 12 heavy (non-hydrogen) atoms. The summed E-state index contributed by atoms with van der Waals surface area (Å²) in [5.41, 5.74) is 5.43. The molecule has 1 unspecified atom stereocenters. The second kappa shape index (κ2) is 4.87. The molecule has 1 atom stereocenters. The highest BCUT2D eigenvalue weighted by molar-refractivity contribution is 7.98. The van der Waals surface area contributed by atoms with E-state index in [1.165, 1.54) is 0 Å². The van der Waals surface area contributed by atoms with Gasteiger partial charge in [0.25, 0.3) is 0 Å². The van der Waals surface area contributed by atoms with Crippen LogP contribution in [0.3, 0.4) is 0 Å². The van der Waals surface area contributed by atoms with E-state index in [1.54, 1.807) is 11.8 Å². The summed E-state index contributed by atoms with van der Waals surface area (Å²) in [7, 11) is 0. The zero-order valence-corrected chi connectivity index (χ0v) is 9.20. The van der Waals surface area contributed by atoms with Crippen LogP contribution in [0.1, 0.15) is 27.2 Å². The monoisotopic (exact) mass is 189 g/mol. The van der Waals surface area contributed by atoms with Crippen molar-refractivity contribution in [2.24, 2.45) is 11.1 Å². The van der Waals surface area contributed by atoms with Gasteiger partial charge < -0.3 is 5.73 Å². The largest absolute Gasteiger partial charge is 0.321 e. The van der Waals surface area contributed by atoms with E-state index in [0.29, 0.717) is 0 Å². The molecule has 0 aliphatic carbocycles. The Morgan fingerprint density at radius 1 is 1.50 bits per heavy atom. The van der Waals surface area contributed by atoms with E-state index in [9.17, 15) is 4.79 Å². The third-order valence-electron chi connectivity index (χ3n) is 1.71. The van der Waals surface area contributed by atoms with E-state index >= 15 is 0 Å². The van der Waals surface area contributed by atoms with Crippen LogP contribution in [0.5, 0.6) is 0 Å². The Morgan fingerprint density at radius 2 is 2.00 bits per heavy atom. The molecule has 72 valence electrons. The molecule has 0 saturated carbocycles. The van der Waals surface area contributed by atoms with Crippen molar-refractivity contribution in [2.75, 3.05) is 12.0 Å². The molecule has 0 fully saturated rings. The maximum absolute atomic E-state index is 11.5. The Hall–Kier alpha value is -0.0200. The van der Waals surface area contributed by atoms with Crippen LogP contribution in [0.25, 0.3) is 0 Å². The Balaban J connectivity index is 3.94. The highest BCUT2D eigenvalue weighted by atomic mass is 32.2. The first kappa shape index (κ1) is 12.0. The van der Waals surface area contributed by atoms with Crippen LogP contribution < -0.4 is 5.73 Å². The van der Waals surface area contributed by atoms with Crippen LogP contribution in [0.15, 0.2) is 0 Å². The zero-order valence-electron chi connectivity index (χ0n) is 8.39. The van der Waals surface area contributed by atoms with Crippen LogP contribution in [0.2, 0.25) is 0 Å². The molecule has 2 nitrogen and oxygen atoms in total. The van der Waals surface area contributed by atoms with Crippen molar-refractivity contribution in [3.8, 4) is 0 Å². The maximum Gasteiger partial charge on any atom is 0.154 e. The number of hydrogen-bond donors (Lipinski definition) is 1. The fourth-order valence-corrected chi connectivity index (χ4v) is 1.42. The van der Waals surface area contributed by atoms with E-state index in [0.717, 1.165) is 12.2 Å². The Morgan fingerprint density at radius 3 is 2.33 bits per heavy atom. The van der Waals surface area contributed by atoms with Gasteiger partial charge in [0, 0.05) is 5.41 Å². The summed E-state index contributed by atoms with van der Waals surface area (Å²) in [6.45, 7) is 5.73. The highest BCUT2D eigenvalue weighted by Gasteiger charge is 2.26. The van der Waals surface area contributed by atoms with Gasteiger partial charge in [0.05, 0.1) is 6.04 Å². The molecule has 0 aliphatic rings. The van der Waals surface area contributed by atoms with E-state index in [1.807, 2.05) is 27.0 Å². The first-order chi connectivity index (χ1) is 5.39. The van der Waals surface area contributed by atoms with Crippen LogP contribution in [-0.2, 0) is 4.79 Å². The molecule has 0 heterocycles. The average Bonchev–Trinajstić information content (AvgIpc) is 1.97. The van der Waals surface area contributed by atoms with Crippen molar-refractivity contribution in [3.05, 3.63) is 0 Å². The van der Waals surface area contributed by atoms with Crippen LogP contribution >= 0.6 is 11.8 Å². The summed E-state index contributed by atoms with van der Waals surface area (Å²) < 4.78 is 0. The predicted octanol–water partition coefficient (Wildman–Crippen LogP) is 1.68. The summed E-state index contributed by atoms with van der Waals surface area (Å²) in [4.78, 5) is 11.5. The molecule has 0 aromatic rings. The first-order valence-corrected chi connectivity index (χ1v) is 5.58. The molecule has 0 rings (SSSR count). The van der Waals surface area contributed by atoms with Crippen molar-refractivity contribution in [1.29, 1.82) is 0 Å². The quantitative estimate of drug-likeness (QED) is 0.731. The second-order valence-electron chi connectivity index (χ2n) is 4.00. The lowest BCUT2D eigenvalue weighted by molar-refractivity contribution is -0.127. The smallest absolute Gasteiger partial charge is 0.154 e. The summed E-state index contributed by atoms with van der Waals surface area (Å²) in [6.07, 6.45) is 2.81. The Bertz CT molecular complexity index is 151. The lowest BCUT2D eigenvalue weighted by Gasteiger charge is -2.21. The fraction of sp³-hybridized carbons (Fsp3) is 0.889. The number of rotatable bonds is 4. The fourth-order valence-electron chi connectivity index (χ4n) is 0.932. The highest BCUT2D eigenvalue weighted by Crippen LogP contribution is 2.17. The molecule has 0 amide bonds. The van der Waals surface area contributed by atoms with E-state index in [2.05, 4.69) is 0 Å². The minimum atomic E-state index is -0.294. The van der Waals surface area contributed by atoms with Crippen molar-refractivity contribution in [1.82, 2.24) is 0 Å². The lowest BCUT2D eigenvalue weighted by Crippen LogP contribution is -2.39. The molecule has 0 saturated heterocycles. The molecule has 0 radical (unpaired) electrons. The summed E-state index contributed by atoms with van der Waals surface area (Å²) in [5.74, 6) is 1.12. The van der Waals surface area contributed by atoms with E-state index in [4.69, 9.17) is 5.73 Å². The first-order valence-electron chi connectivity index (χ1n) is 4.18. The van der Waals surface area contributed by atoms with E-state index in [-0.39, 0.29) is 17.2 Å². The van der Waals surface area contributed by atoms with Crippen molar-refractivity contribution in [3.63, 3.8) is 0 Å². The van der Waals surface area contributed by atoms with Gasteiger partial charge in [0.2, 0.25) is 0 Å². The van der Waals surface area contributed by atoms with Crippen LogP contribution in [0.4, 0.5) is 0 Å². The normalized spacial score (nSPS) is 14.4. The SMILES string of the molecule is CSCCC(N)C(=O)C(C)(C)C. The third-order valence-corrected chi connectivity index (χ3v) is 2.35. The Labute approximate surface area is 79.3 Å². The van der Waals surface area contributed by atoms with Gasteiger partial charge in [-0.2, -0.15) is 11.8 Å². The van der Waals surface area contributed by atoms with Crippen molar-refractivity contribution >= 4 is 17.5 Å². The lowest BCUT2D eigenvalue weighted by atomic mass is 9.86. The number of thioether (sulfide) groups is 1. The average molecular weight is 189 g/mol. The molecule has 0 spiro atoms. The van der Waals surface area contributed by atoms with Gasteiger partial charge in [-0.25, -0.2) is 0 Å². The standard InChI is InChI=1S/C9H19NOS/c1-9(2,3)8(11)7(10)5-6-12-4/h7H,5-6,10H2,1-4H3. The van der Waals surface area contributed by atoms with Gasteiger partial charge in [0.1, 0.15) is 0 Å². The number of Topliss-reactive ketones (excluding diaryl/α,β-unsaturated/α-hetero) is 1. The van der Waals surface area contributed by atoms with Gasteiger partial charge >= 0.3 is 0 Å². The molecule has 3 heteroatoms. The summed E-state index contributed by atoms with van der Waals surface area (Å²) in [5, 5.41) is 0. The van der Waals surface area contributed by atoms with Gasteiger partial charge in [-0.05, 0) is 18.4 Å². The third kappa shape index (κ3) is 4.12. The van der Waals surface area contributed by atoms with Crippen LogP contribution in [0, 0.1) is 5.41 Å². The number of ketones is 1. The predicted molar refractivity (Wildman–Crippen MR) is 55.4 cm³/mol. The molecule has 2 N–H and O–H groups in total. The topological polar surface area (TPSA) is 43.1 Å². The van der Waals surface area contributed by atoms with Gasteiger partial charge in [0.15, 0.2) is 5.78 Å². The number of carbonyl (C=O) groups is 1. The molecule has 0 bridgehead atoms. The van der Waals surface area contributed by atoms with Crippen LogP contribution in [-0.4, -0.2) is 23.8 Å². The number of nitrogens with two attached hydrogens (primary N) is 1. The maximum atomic E-state index is 11.5. The summed E-state index contributed by atoms with van der Waals surface area (Å²) >= 11 is 1.73. The zero-order chi connectivity index (χ0) is 9.78. The van der Waals surface area contributed by atoms with Crippen molar-refractivity contribution < 1.29 is 4.79 Å². The minimum Gasteiger partial charge on any atom is -0.321 e.